The number of carboxylic acid groups (broad SMARTS) is 1. The molecule has 0 saturated carbocycles. The predicted molar refractivity (Wildman–Crippen MR) is 113 cm³/mol. The van der Waals surface area contributed by atoms with E-state index in [1.54, 1.807) is 6.07 Å². The van der Waals surface area contributed by atoms with Crippen LogP contribution in [0.4, 0.5) is 0 Å². The van der Waals surface area contributed by atoms with Crippen molar-refractivity contribution in [2.45, 2.75) is 25.8 Å². The number of hydrogen-bond acceptors (Lipinski definition) is 5. The Morgan fingerprint density at radius 3 is 2.55 bits per heavy atom. The maximum absolute atomic E-state index is 13.0. The molecule has 0 aliphatic carbocycles. The molecule has 4 rings (SSSR count). The third-order valence-corrected chi connectivity index (χ3v) is 5.92. The number of carbonyl (C=O) groups is 1. The fourth-order valence-electron chi connectivity index (χ4n) is 3.22. The number of rotatable bonds is 6. The number of hydrogen-bond donors (Lipinski definition) is 1. The summed E-state index contributed by atoms with van der Waals surface area (Å²) in [7, 11) is 0. The molecule has 1 atom stereocenters. The van der Waals surface area contributed by atoms with Crippen LogP contribution in [0.3, 0.4) is 0 Å². The maximum Gasteiger partial charge on any atom is 0.328 e. The van der Waals surface area contributed by atoms with Gasteiger partial charge in [-0.25, -0.2) is 4.79 Å². The van der Waals surface area contributed by atoms with Crippen LogP contribution in [0.25, 0.3) is 20.7 Å². The zero-order chi connectivity index (χ0) is 20.4. The van der Waals surface area contributed by atoms with Gasteiger partial charge in [0, 0.05) is 4.88 Å². The molecule has 0 spiro atoms. The van der Waals surface area contributed by atoms with Gasteiger partial charge in [-0.1, -0.05) is 65.4 Å². The van der Waals surface area contributed by atoms with Gasteiger partial charge in [0.05, 0.1) is 5.39 Å². The molecule has 1 unspecified atom stereocenters. The average molecular weight is 405 g/mol. The van der Waals surface area contributed by atoms with Crippen molar-refractivity contribution in [3.8, 4) is 10.4 Å². The minimum Gasteiger partial charge on any atom is -0.480 e. The van der Waals surface area contributed by atoms with Crippen LogP contribution in [0, 0.1) is 6.92 Å². The molecule has 7 heteroatoms. The molecular weight excluding hydrogens is 386 g/mol. The third-order valence-electron chi connectivity index (χ3n) is 4.85. The number of fused-ring (bicyclic) bond motifs is 1. The minimum atomic E-state index is -1.09. The van der Waals surface area contributed by atoms with Crippen molar-refractivity contribution >= 4 is 27.5 Å². The zero-order valence-electron chi connectivity index (χ0n) is 15.8. The minimum absolute atomic E-state index is 0.258. The second kappa shape index (κ2) is 7.97. The number of aliphatic carboxylic acids is 1. The van der Waals surface area contributed by atoms with Gasteiger partial charge in [0.2, 0.25) is 0 Å². The average Bonchev–Trinajstić information content (AvgIpc) is 3.17. The topological polar surface area (TPSA) is 85.1 Å². The Labute approximate surface area is 171 Å². The highest BCUT2D eigenvalue weighted by Crippen LogP contribution is 2.30. The summed E-state index contributed by atoms with van der Waals surface area (Å²) in [5.41, 5.74) is 2.72. The van der Waals surface area contributed by atoms with Crippen molar-refractivity contribution in [2.24, 2.45) is 0 Å². The van der Waals surface area contributed by atoms with Crippen LogP contribution in [0.1, 0.15) is 23.6 Å². The van der Waals surface area contributed by atoms with Crippen LogP contribution in [-0.2, 0) is 11.2 Å². The zero-order valence-corrected chi connectivity index (χ0v) is 16.6. The molecule has 0 bridgehead atoms. The van der Waals surface area contributed by atoms with E-state index in [-0.39, 0.29) is 6.42 Å². The number of aromatic nitrogens is 3. The second-order valence-corrected chi connectivity index (χ2v) is 7.94. The lowest BCUT2D eigenvalue weighted by atomic mass is 10.0. The molecule has 0 amide bonds. The Morgan fingerprint density at radius 1 is 1.14 bits per heavy atom. The largest absolute Gasteiger partial charge is 0.480 e. The smallest absolute Gasteiger partial charge is 0.328 e. The molecule has 1 N–H and O–H groups in total. The number of aryl methyl sites for hydroxylation is 2. The Balaban J connectivity index is 1.67. The summed E-state index contributed by atoms with van der Waals surface area (Å²) in [6.45, 7) is 2.00. The summed E-state index contributed by atoms with van der Waals surface area (Å²) in [5, 5.41) is 18.2. The van der Waals surface area contributed by atoms with E-state index in [2.05, 4.69) is 10.3 Å². The first kappa shape index (κ1) is 19.0. The highest BCUT2D eigenvalue weighted by Gasteiger charge is 2.24. The summed E-state index contributed by atoms with van der Waals surface area (Å²) < 4.78 is 1.00. The molecule has 0 fully saturated rings. The number of benzene rings is 2. The fourth-order valence-corrected chi connectivity index (χ4v) is 4.19. The van der Waals surface area contributed by atoms with Crippen molar-refractivity contribution in [3.63, 3.8) is 0 Å². The van der Waals surface area contributed by atoms with Crippen LogP contribution in [0.15, 0.2) is 65.5 Å². The van der Waals surface area contributed by atoms with Crippen molar-refractivity contribution in [1.29, 1.82) is 0 Å². The normalized spacial score (nSPS) is 12.2. The lowest BCUT2D eigenvalue weighted by Crippen LogP contribution is -2.33. The summed E-state index contributed by atoms with van der Waals surface area (Å²) in [5.74, 6) is -1.09. The van der Waals surface area contributed by atoms with Crippen molar-refractivity contribution in [3.05, 3.63) is 82.1 Å². The summed E-state index contributed by atoms with van der Waals surface area (Å²) >= 11 is 1.37. The molecule has 6 nitrogen and oxygen atoms in total. The molecule has 0 radical (unpaired) electrons. The van der Waals surface area contributed by atoms with E-state index in [0.717, 1.165) is 26.2 Å². The fraction of sp³-hybridized carbons (Fsp3) is 0.182. The molecule has 2 aromatic carbocycles. The van der Waals surface area contributed by atoms with Gasteiger partial charge < -0.3 is 5.11 Å². The van der Waals surface area contributed by atoms with Crippen molar-refractivity contribution in [1.82, 2.24) is 15.0 Å². The molecule has 0 aliphatic rings. The van der Waals surface area contributed by atoms with Crippen LogP contribution in [-0.4, -0.2) is 26.1 Å². The number of nitrogens with zero attached hydrogens (tertiary/aromatic N) is 3. The SMILES string of the molecule is Cc1ccc(CCC(C(=O)O)n2nnc3sc(-c4ccccc4)cc3c2=O)cc1. The van der Waals surface area contributed by atoms with Gasteiger partial charge in [-0.2, -0.15) is 4.68 Å². The summed E-state index contributed by atoms with van der Waals surface area (Å²) in [6.07, 6.45) is 0.788. The molecule has 4 aromatic rings. The van der Waals surface area contributed by atoms with E-state index in [1.807, 2.05) is 61.5 Å². The van der Waals surface area contributed by atoms with Gasteiger partial charge in [-0.3, -0.25) is 4.79 Å². The first-order chi connectivity index (χ1) is 14.0. The summed E-state index contributed by atoms with van der Waals surface area (Å²) in [4.78, 5) is 26.3. The van der Waals surface area contributed by atoms with Crippen LogP contribution in [0.5, 0.6) is 0 Å². The van der Waals surface area contributed by atoms with Gasteiger partial charge in [-0.05, 0) is 37.0 Å². The van der Waals surface area contributed by atoms with Crippen LogP contribution < -0.4 is 5.56 Å². The van der Waals surface area contributed by atoms with E-state index in [4.69, 9.17) is 0 Å². The van der Waals surface area contributed by atoms with Crippen LogP contribution in [0.2, 0.25) is 0 Å². The Kier molecular flexibility index (Phi) is 5.22. The second-order valence-electron chi connectivity index (χ2n) is 6.91. The van der Waals surface area contributed by atoms with E-state index >= 15 is 0 Å². The molecular formula is C22H19N3O3S. The molecule has 0 saturated heterocycles. The van der Waals surface area contributed by atoms with Gasteiger partial charge in [0.25, 0.3) is 5.56 Å². The highest BCUT2D eigenvalue weighted by atomic mass is 32.1. The Morgan fingerprint density at radius 2 is 1.86 bits per heavy atom. The molecule has 29 heavy (non-hydrogen) atoms. The summed E-state index contributed by atoms with van der Waals surface area (Å²) in [6, 6.07) is 18.3. The van der Waals surface area contributed by atoms with E-state index in [1.165, 1.54) is 11.3 Å². The standard InChI is InChI=1S/C22H19N3O3S/c1-14-7-9-15(10-8-14)11-12-18(22(27)28)25-21(26)17-13-19(29-20(17)23-24-25)16-5-3-2-4-6-16/h2-10,13,18H,11-12H2,1H3,(H,27,28). The van der Waals surface area contributed by atoms with Gasteiger partial charge >= 0.3 is 5.97 Å². The monoisotopic (exact) mass is 405 g/mol. The van der Waals surface area contributed by atoms with E-state index in [0.29, 0.717) is 16.6 Å². The van der Waals surface area contributed by atoms with Crippen molar-refractivity contribution in [2.75, 3.05) is 0 Å². The lowest BCUT2D eigenvalue weighted by Gasteiger charge is -2.13. The highest BCUT2D eigenvalue weighted by molar-refractivity contribution is 7.21. The van der Waals surface area contributed by atoms with Gasteiger partial charge in [0.15, 0.2) is 10.9 Å². The Hall–Kier alpha value is -3.32. The quantitative estimate of drug-likeness (QED) is 0.522. The first-order valence-corrected chi connectivity index (χ1v) is 10.1. The van der Waals surface area contributed by atoms with Crippen LogP contribution >= 0.6 is 11.3 Å². The van der Waals surface area contributed by atoms with E-state index in [9.17, 15) is 14.7 Å². The molecule has 2 heterocycles. The molecule has 2 aromatic heterocycles. The third kappa shape index (κ3) is 3.95. The lowest BCUT2D eigenvalue weighted by molar-refractivity contribution is -0.141. The predicted octanol–water partition coefficient (Wildman–Crippen LogP) is 4.09. The Bertz CT molecular complexity index is 1210. The van der Waals surface area contributed by atoms with Crippen molar-refractivity contribution < 1.29 is 9.90 Å². The first-order valence-electron chi connectivity index (χ1n) is 9.26. The van der Waals surface area contributed by atoms with Gasteiger partial charge in [0.1, 0.15) is 0 Å². The number of carboxylic acids is 1. The molecule has 0 aliphatic heterocycles. The molecule has 146 valence electrons. The van der Waals surface area contributed by atoms with Gasteiger partial charge in [-0.15, -0.1) is 16.4 Å². The maximum atomic E-state index is 13.0. The number of thiophene rings is 1. The van der Waals surface area contributed by atoms with E-state index < -0.39 is 17.6 Å².